The molecule has 0 heterocycles. The van der Waals surface area contributed by atoms with Gasteiger partial charge in [0.25, 0.3) is 0 Å². The minimum atomic E-state index is -1.02. The van der Waals surface area contributed by atoms with Crippen LogP contribution in [0.15, 0.2) is 0 Å². The molecule has 1 saturated carbocycles. The standard InChI is InChI=1S/C13H27NO3/c1-13(2,3)11(14-12(16)17-4)10(15)9-7-5-6-8-9/h9-12,14-16H,5-8H2,1-4H3/t10?,11-,12?/m1/s1. The monoisotopic (exact) mass is 245 g/mol. The topological polar surface area (TPSA) is 61.7 Å². The molecule has 102 valence electrons. The third-order valence-electron chi connectivity index (χ3n) is 3.70. The number of hydrogen-bond donors (Lipinski definition) is 3. The maximum absolute atomic E-state index is 10.5. The Hall–Kier alpha value is -0.160. The predicted molar refractivity (Wildman–Crippen MR) is 67.4 cm³/mol. The molecule has 1 fully saturated rings. The predicted octanol–water partition coefficient (Wildman–Crippen LogP) is 1.46. The van der Waals surface area contributed by atoms with Gasteiger partial charge in [-0.15, -0.1) is 0 Å². The second-order valence-electron chi connectivity index (χ2n) is 6.13. The van der Waals surface area contributed by atoms with Crippen LogP contribution >= 0.6 is 0 Å². The second kappa shape index (κ2) is 6.14. The molecule has 4 nitrogen and oxygen atoms in total. The summed E-state index contributed by atoms with van der Waals surface area (Å²) in [5.74, 6) is 0.343. The Bertz CT molecular complexity index is 221. The van der Waals surface area contributed by atoms with Crippen LogP contribution in [0.5, 0.6) is 0 Å². The smallest absolute Gasteiger partial charge is 0.213 e. The largest absolute Gasteiger partial charge is 0.391 e. The van der Waals surface area contributed by atoms with Gasteiger partial charge in [-0.1, -0.05) is 33.6 Å². The third-order valence-corrected chi connectivity index (χ3v) is 3.70. The van der Waals surface area contributed by atoms with E-state index in [2.05, 4.69) is 26.1 Å². The van der Waals surface area contributed by atoms with E-state index in [1.165, 1.54) is 20.0 Å². The van der Waals surface area contributed by atoms with Crippen LogP contribution < -0.4 is 5.32 Å². The number of nitrogens with one attached hydrogen (secondary N) is 1. The molecule has 4 heteroatoms. The molecular formula is C13H27NO3. The molecule has 2 unspecified atom stereocenters. The first-order valence-corrected chi connectivity index (χ1v) is 6.51. The van der Waals surface area contributed by atoms with E-state index in [4.69, 9.17) is 4.74 Å². The van der Waals surface area contributed by atoms with Gasteiger partial charge in [0.1, 0.15) is 0 Å². The van der Waals surface area contributed by atoms with Gasteiger partial charge in [0.15, 0.2) is 0 Å². The number of aliphatic hydroxyl groups is 2. The Morgan fingerprint density at radius 3 is 2.12 bits per heavy atom. The van der Waals surface area contributed by atoms with Crippen LogP contribution in [0.4, 0.5) is 0 Å². The van der Waals surface area contributed by atoms with E-state index in [-0.39, 0.29) is 11.5 Å². The average Bonchev–Trinajstić information content (AvgIpc) is 2.76. The van der Waals surface area contributed by atoms with E-state index >= 15 is 0 Å². The van der Waals surface area contributed by atoms with Crippen LogP contribution in [0.1, 0.15) is 46.5 Å². The number of rotatable bonds is 5. The van der Waals surface area contributed by atoms with Gasteiger partial charge in [-0.05, 0) is 24.2 Å². The molecule has 3 N–H and O–H groups in total. The Morgan fingerprint density at radius 2 is 1.71 bits per heavy atom. The maximum Gasteiger partial charge on any atom is 0.213 e. The lowest BCUT2D eigenvalue weighted by Gasteiger charge is -2.38. The summed E-state index contributed by atoms with van der Waals surface area (Å²) in [6.07, 6.45) is 3.12. The molecule has 0 aromatic heterocycles. The van der Waals surface area contributed by atoms with Crippen molar-refractivity contribution < 1.29 is 14.9 Å². The van der Waals surface area contributed by atoms with Crippen molar-refractivity contribution in [1.82, 2.24) is 5.32 Å². The van der Waals surface area contributed by atoms with Crippen molar-refractivity contribution in [2.24, 2.45) is 11.3 Å². The van der Waals surface area contributed by atoms with Crippen LogP contribution in [0.25, 0.3) is 0 Å². The van der Waals surface area contributed by atoms with Gasteiger partial charge < -0.3 is 14.9 Å². The van der Waals surface area contributed by atoms with Crippen LogP contribution in [0, 0.1) is 11.3 Å². The number of hydrogen-bond acceptors (Lipinski definition) is 4. The van der Waals surface area contributed by atoms with Crippen molar-refractivity contribution in [3.8, 4) is 0 Å². The van der Waals surface area contributed by atoms with Gasteiger partial charge in [0.2, 0.25) is 6.41 Å². The normalized spacial score (nSPS) is 23.6. The molecule has 0 spiro atoms. The minimum Gasteiger partial charge on any atom is -0.391 e. The number of methoxy groups -OCH3 is 1. The highest BCUT2D eigenvalue weighted by Gasteiger charge is 2.37. The summed E-state index contributed by atoms with van der Waals surface area (Å²) in [5, 5.41) is 23.0. The van der Waals surface area contributed by atoms with Gasteiger partial charge in [0.05, 0.1) is 6.10 Å². The summed E-state index contributed by atoms with van der Waals surface area (Å²) in [5.41, 5.74) is -0.123. The first-order chi connectivity index (χ1) is 7.86. The van der Waals surface area contributed by atoms with Crippen molar-refractivity contribution in [2.45, 2.75) is 65.0 Å². The molecule has 1 aliphatic rings. The Morgan fingerprint density at radius 1 is 1.18 bits per heavy atom. The minimum absolute atomic E-state index is 0.123. The molecule has 0 bridgehead atoms. The van der Waals surface area contributed by atoms with Crippen molar-refractivity contribution in [3.05, 3.63) is 0 Å². The van der Waals surface area contributed by atoms with Crippen molar-refractivity contribution in [2.75, 3.05) is 7.11 Å². The fourth-order valence-corrected chi connectivity index (χ4v) is 2.65. The molecule has 0 aromatic rings. The molecule has 17 heavy (non-hydrogen) atoms. The highest BCUT2D eigenvalue weighted by molar-refractivity contribution is 4.91. The molecule has 0 aromatic carbocycles. The summed E-state index contributed by atoms with van der Waals surface area (Å²) in [4.78, 5) is 0. The highest BCUT2D eigenvalue weighted by atomic mass is 16.6. The van der Waals surface area contributed by atoms with Gasteiger partial charge in [-0.3, -0.25) is 5.32 Å². The molecule has 1 rings (SSSR count). The Labute approximate surface area is 104 Å². The first-order valence-electron chi connectivity index (χ1n) is 6.51. The van der Waals surface area contributed by atoms with Crippen LogP contribution in [-0.4, -0.2) is 35.9 Å². The van der Waals surface area contributed by atoms with E-state index in [0.29, 0.717) is 5.92 Å². The zero-order chi connectivity index (χ0) is 13.1. The first kappa shape index (κ1) is 14.9. The summed E-state index contributed by atoms with van der Waals surface area (Å²) in [6, 6.07) is -0.166. The zero-order valence-electron chi connectivity index (χ0n) is 11.4. The van der Waals surface area contributed by atoms with Crippen molar-refractivity contribution in [1.29, 1.82) is 0 Å². The summed E-state index contributed by atoms with van der Waals surface area (Å²) >= 11 is 0. The Balaban J connectivity index is 2.67. The van der Waals surface area contributed by atoms with Crippen LogP contribution in [0.3, 0.4) is 0 Å². The molecule has 0 aliphatic heterocycles. The number of ether oxygens (including phenoxy) is 1. The lowest BCUT2D eigenvalue weighted by Crippen LogP contribution is -2.55. The van der Waals surface area contributed by atoms with E-state index in [1.54, 1.807) is 0 Å². The van der Waals surface area contributed by atoms with E-state index in [1.807, 2.05) is 0 Å². The van der Waals surface area contributed by atoms with Gasteiger partial charge in [0, 0.05) is 13.2 Å². The average molecular weight is 245 g/mol. The zero-order valence-corrected chi connectivity index (χ0v) is 11.4. The van der Waals surface area contributed by atoms with Gasteiger partial charge in [-0.2, -0.15) is 0 Å². The van der Waals surface area contributed by atoms with Crippen molar-refractivity contribution in [3.63, 3.8) is 0 Å². The molecule has 0 radical (unpaired) electrons. The quantitative estimate of drug-likeness (QED) is 0.642. The second-order valence-corrected chi connectivity index (χ2v) is 6.13. The maximum atomic E-state index is 10.5. The van der Waals surface area contributed by atoms with Crippen molar-refractivity contribution >= 4 is 0 Å². The van der Waals surface area contributed by atoms with E-state index < -0.39 is 12.5 Å². The number of aliphatic hydroxyl groups excluding tert-OH is 2. The lowest BCUT2D eigenvalue weighted by molar-refractivity contribution is -0.125. The fourth-order valence-electron chi connectivity index (χ4n) is 2.65. The summed E-state index contributed by atoms with van der Waals surface area (Å²) in [7, 11) is 1.44. The fraction of sp³-hybridized carbons (Fsp3) is 1.00. The summed E-state index contributed by atoms with van der Waals surface area (Å²) < 4.78 is 4.82. The van der Waals surface area contributed by atoms with Gasteiger partial charge >= 0.3 is 0 Å². The lowest BCUT2D eigenvalue weighted by atomic mass is 9.79. The molecule has 1 aliphatic carbocycles. The van der Waals surface area contributed by atoms with E-state index in [0.717, 1.165) is 12.8 Å². The van der Waals surface area contributed by atoms with Gasteiger partial charge in [-0.25, -0.2) is 0 Å². The molecular weight excluding hydrogens is 218 g/mol. The molecule has 0 amide bonds. The summed E-state index contributed by atoms with van der Waals surface area (Å²) in [6.45, 7) is 6.18. The van der Waals surface area contributed by atoms with Crippen LogP contribution in [0.2, 0.25) is 0 Å². The van der Waals surface area contributed by atoms with Crippen LogP contribution in [-0.2, 0) is 4.74 Å². The molecule has 0 saturated heterocycles. The Kier molecular flexibility index (Phi) is 5.38. The SMILES string of the molecule is COC(O)N[C@H](C(O)C1CCCC1)C(C)(C)C. The van der Waals surface area contributed by atoms with E-state index in [9.17, 15) is 10.2 Å². The highest BCUT2D eigenvalue weighted by Crippen LogP contribution is 2.33. The molecule has 3 atom stereocenters. The third kappa shape index (κ3) is 4.21.